The van der Waals surface area contributed by atoms with Gasteiger partial charge in [0.2, 0.25) is 0 Å². The van der Waals surface area contributed by atoms with Gasteiger partial charge in [0.15, 0.2) is 10.1 Å². The number of rotatable bonds is 8. The van der Waals surface area contributed by atoms with Gasteiger partial charge >= 0.3 is 11.9 Å². The minimum absolute atomic E-state index is 0.00936. The van der Waals surface area contributed by atoms with E-state index < -0.39 is 10.1 Å². The summed E-state index contributed by atoms with van der Waals surface area (Å²) in [4.78, 5) is 22.0. The van der Waals surface area contributed by atoms with E-state index in [4.69, 9.17) is 0 Å². The van der Waals surface area contributed by atoms with Crippen LogP contribution in [0, 0.1) is 32.1 Å². The van der Waals surface area contributed by atoms with Crippen LogP contribution in [0.1, 0.15) is 27.7 Å². The molecule has 0 saturated carbocycles. The Kier molecular flexibility index (Phi) is 5.83. The predicted octanol–water partition coefficient (Wildman–Crippen LogP) is 0.575. The van der Waals surface area contributed by atoms with E-state index in [1.807, 2.05) is 0 Å². The van der Waals surface area contributed by atoms with Crippen molar-refractivity contribution in [1.29, 1.82) is 0 Å². The summed E-state index contributed by atoms with van der Waals surface area (Å²) in [6.07, 6.45) is 0. The predicted molar refractivity (Wildman–Crippen MR) is 76.0 cm³/mol. The zero-order valence-electron chi connectivity index (χ0n) is 12.8. The highest BCUT2D eigenvalue weighted by atomic mass is 16.7. The van der Waals surface area contributed by atoms with Crippen LogP contribution in [0.2, 0.25) is 0 Å². The molecular weight excluding hydrogens is 296 g/mol. The first kappa shape index (κ1) is 17.4. The Bertz CT molecular complexity index is 473. The lowest BCUT2D eigenvalue weighted by Gasteiger charge is -2.15. The second kappa shape index (κ2) is 7.38. The fourth-order valence-electron chi connectivity index (χ4n) is 1.56. The first-order valence-corrected chi connectivity index (χ1v) is 6.63. The molecular formula is C10H18N8O4. The third kappa shape index (κ3) is 4.71. The van der Waals surface area contributed by atoms with Crippen molar-refractivity contribution in [3.05, 3.63) is 20.2 Å². The standard InChI is InChI=1S/C10H18N8O4/c1-7(2)5-15(17(19)20)9-11-13-10(14-12-9)16(18(21)22)6-8(3)4/h7-8H,5-6H2,1-4H3. The van der Waals surface area contributed by atoms with E-state index in [9.17, 15) is 20.2 Å². The molecule has 0 aromatic carbocycles. The second-order valence-electron chi connectivity index (χ2n) is 5.43. The van der Waals surface area contributed by atoms with E-state index in [0.29, 0.717) is 10.0 Å². The molecule has 0 spiro atoms. The molecule has 0 aliphatic rings. The number of hydrogen-bond acceptors (Lipinski definition) is 8. The molecule has 12 nitrogen and oxygen atoms in total. The first-order chi connectivity index (χ1) is 10.2. The van der Waals surface area contributed by atoms with Gasteiger partial charge in [-0.2, -0.15) is 0 Å². The van der Waals surface area contributed by atoms with Crippen molar-refractivity contribution in [3.63, 3.8) is 0 Å². The van der Waals surface area contributed by atoms with Crippen LogP contribution < -0.4 is 10.0 Å². The van der Waals surface area contributed by atoms with Crippen LogP contribution in [-0.2, 0) is 0 Å². The van der Waals surface area contributed by atoms with Crippen LogP contribution in [0.3, 0.4) is 0 Å². The smallest absolute Gasteiger partial charge is 0.234 e. The van der Waals surface area contributed by atoms with Gasteiger partial charge in [0.25, 0.3) is 0 Å². The topological polar surface area (TPSA) is 144 Å². The fraction of sp³-hybridized carbons (Fsp3) is 0.800. The van der Waals surface area contributed by atoms with Crippen molar-refractivity contribution in [1.82, 2.24) is 20.4 Å². The summed E-state index contributed by atoms with van der Waals surface area (Å²) in [5.74, 6) is -0.639. The van der Waals surface area contributed by atoms with Crippen LogP contribution in [-0.4, -0.2) is 43.5 Å². The van der Waals surface area contributed by atoms with E-state index in [2.05, 4.69) is 20.4 Å². The quantitative estimate of drug-likeness (QED) is 0.493. The lowest BCUT2D eigenvalue weighted by molar-refractivity contribution is -0.497. The third-order valence-corrected chi connectivity index (χ3v) is 2.39. The Morgan fingerprint density at radius 1 is 0.818 bits per heavy atom. The SMILES string of the molecule is CC(C)CN(c1nnc(N(CC(C)C)[N+](=O)[O-])nn1)[N+](=O)[O-]. The Morgan fingerprint density at radius 3 is 1.27 bits per heavy atom. The number of aromatic nitrogens is 4. The second-order valence-corrected chi connectivity index (χ2v) is 5.43. The van der Waals surface area contributed by atoms with Crippen molar-refractivity contribution >= 4 is 11.9 Å². The summed E-state index contributed by atoms with van der Waals surface area (Å²) in [7, 11) is 0. The average Bonchev–Trinajstić information content (AvgIpc) is 2.41. The van der Waals surface area contributed by atoms with Crippen LogP contribution in [0.5, 0.6) is 0 Å². The van der Waals surface area contributed by atoms with E-state index in [0.717, 1.165) is 0 Å². The molecule has 1 rings (SSSR count). The van der Waals surface area contributed by atoms with Gasteiger partial charge in [-0.3, -0.25) is 0 Å². The molecule has 0 fully saturated rings. The van der Waals surface area contributed by atoms with Crippen molar-refractivity contribution in [3.8, 4) is 0 Å². The average molecular weight is 314 g/mol. The van der Waals surface area contributed by atoms with Crippen molar-refractivity contribution in [2.24, 2.45) is 11.8 Å². The summed E-state index contributed by atoms with van der Waals surface area (Å²) in [6.45, 7) is 7.32. The van der Waals surface area contributed by atoms with Crippen molar-refractivity contribution in [2.75, 3.05) is 23.1 Å². The number of hydrogen-bond donors (Lipinski definition) is 0. The van der Waals surface area contributed by atoms with Gasteiger partial charge in [-0.1, -0.05) is 37.7 Å². The van der Waals surface area contributed by atoms with Gasteiger partial charge < -0.3 is 0 Å². The van der Waals surface area contributed by atoms with E-state index in [1.165, 1.54) is 0 Å². The summed E-state index contributed by atoms with van der Waals surface area (Å²) < 4.78 is 0. The highest BCUT2D eigenvalue weighted by Gasteiger charge is 2.27. The van der Waals surface area contributed by atoms with E-state index in [-0.39, 0.29) is 36.8 Å². The molecule has 122 valence electrons. The summed E-state index contributed by atoms with van der Waals surface area (Å²) in [5.41, 5.74) is 0. The molecule has 0 N–H and O–H groups in total. The van der Waals surface area contributed by atoms with Crippen LogP contribution in [0.15, 0.2) is 0 Å². The maximum atomic E-state index is 11.0. The Labute approximate surface area is 126 Å². The molecule has 0 radical (unpaired) electrons. The number of hydrazine groups is 2. The monoisotopic (exact) mass is 314 g/mol. The van der Waals surface area contributed by atoms with Crippen LogP contribution in [0.25, 0.3) is 0 Å². The molecule has 1 aromatic rings. The molecule has 22 heavy (non-hydrogen) atoms. The zero-order chi connectivity index (χ0) is 16.9. The van der Waals surface area contributed by atoms with Crippen LogP contribution in [0.4, 0.5) is 11.9 Å². The highest BCUT2D eigenvalue weighted by Crippen LogP contribution is 2.11. The Morgan fingerprint density at radius 2 is 1.09 bits per heavy atom. The minimum Gasteiger partial charge on any atom is -0.234 e. The maximum absolute atomic E-state index is 11.0. The Balaban J connectivity index is 3.01. The van der Waals surface area contributed by atoms with Crippen molar-refractivity contribution in [2.45, 2.75) is 27.7 Å². The normalized spacial score (nSPS) is 10.8. The molecule has 0 aliphatic carbocycles. The van der Waals surface area contributed by atoms with Gasteiger partial charge in [-0.15, -0.1) is 20.4 Å². The number of anilines is 2. The lowest BCUT2D eigenvalue weighted by atomic mass is 10.2. The third-order valence-electron chi connectivity index (χ3n) is 2.39. The van der Waals surface area contributed by atoms with Crippen LogP contribution >= 0.6 is 0 Å². The molecule has 0 unspecified atom stereocenters. The zero-order valence-corrected chi connectivity index (χ0v) is 12.8. The van der Waals surface area contributed by atoms with E-state index in [1.54, 1.807) is 27.7 Å². The number of nitro groups is 2. The first-order valence-electron chi connectivity index (χ1n) is 6.63. The largest absolute Gasteiger partial charge is 0.325 e. The molecule has 0 atom stereocenters. The number of nitrogens with zero attached hydrogens (tertiary/aromatic N) is 8. The molecule has 0 saturated heterocycles. The van der Waals surface area contributed by atoms with Gasteiger partial charge in [0, 0.05) is 0 Å². The summed E-state index contributed by atoms with van der Waals surface area (Å²) >= 11 is 0. The summed E-state index contributed by atoms with van der Waals surface area (Å²) in [5, 5.41) is 36.4. The fourth-order valence-corrected chi connectivity index (χ4v) is 1.56. The maximum Gasteiger partial charge on any atom is 0.325 e. The molecule has 12 heteroatoms. The minimum atomic E-state index is -0.669. The molecule has 0 aliphatic heterocycles. The molecule has 0 bridgehead atoms. The van der Waals surface area contributed by atoms with Crippen molar-refractivity contribution < 1.29 is 10.1 Å². The highest BCUT2D eigenvalue weighted by molar-refractivity contribution is 5.26. The van der Waals surface area contributed by atoms with Gasteiger partial charge in [-0.25, -0.2) is 20.2 Å². The lowest BCUT2D eigenvalue weighted by Crippen LogP contribution is -2.37. The molecule has 0 amide bonds. The molecule has 1 aromatic heterocycles. The summed E-state index contributed by atoms with van der Waals surface area (Å²) in [6, 6.07) is 0. The van der Waals surface area contributed by atoms with Gasteiger partial charge in [0.05, 0.1) is 13.1 Å². The van der Waals surface area contributed by atoms with E-state index >= 15 is 0 Å². The van der Waals surface area contributed by atoms with Gasteiger partial charge in [0.1, 0.15) is 0 Å². The Hall–Kier alpha value is -2.66. The molecule has 1 heterocycles. The van der Waals surface area contributed by atoms with Gasteiger partial charge in [-0.05, 0) is 11.8 Å².